The highest BCUT2D eigenvalue weighted by Gasteiger charge is 2.10. The van der Waals surface area contributed by atoms with Gasteiger partial charge in [0.15, 0.2) is 0 Å². The molecule has 0 aliphatic carbocycles. The molecule has 0 saturated carbocycles. The first-order chi connectivity index (χ1) is 5.47. The SMILES string of the molecule is [CH]1CNCN1c1ccccc1. The van der Waals surface area contributed by atoms with E-state index >= 15 is 0 Å². The van der Waals surface area contributed by atoms with E-state index in [1.54, 1.807) is 0 Å². The quantitative estimate of drug-likeness (QED) is 0.642. The Morgan fingerprint density at radius 2 is 2.00 bits per heavy atom. The molecule has 1 radical (unpaired) electrons. The van der Waals surface area contributed by atoms with Gasteiger partial charge in [0, 0.05) is 12.2 Å². The molecule has 2 nitrogen and oxygen atoms in total. The standard InChI is InChI=1S/C9H11N2/c1-2-4-9(5-3-1)11-7-6-10-8-11/h1-5,7,10H,6,8H2. The molecule has 11 heavy (non-hydrogen) atoms. The first kappa shape index (κ1) is 6.68. The van der Waals surface area contributed by atoms with Gasteiger partial charge in [-0.1, -0.05) is 18.2 Å². The molecule has 1 aromatic rings. The molecule has 0 bridgehead atoms. The predicted molar refractivity (Wildman–Crippen MR) is 46.1 cm³/mol. The van der Waals surface area contributed by atoms with Crippen LogP contribution < -0.4 is 10.2 Å². The van der Waals surface area contributed by atoms with Gasteiger partial charge >= 0.3 is 0 Å². The van der Waals surface area contributed by atoms with Gasteiger partial charge < -0.3 is 4.90 Å². The molecule has 1 heterocycles. The third-order valence-corrected chi connectivity index (χ3v) is 1.83. The maximum absolute atomic E-state index is 3.24. The van der Waals surface area contributed by atoms with E-state index in [9.17, 15) is 0 Å². The van der Waals surface area contributed by atoms with E-state index in [0.717, 1.165) is 13.2 Å². The Hall–Kier alpha value is -1.02. The maximum atomic E-state index is 3.24. The van der Waals surface area contributed by atoms with Gasteiger partial charge in [-0.2, -0.15) is 0 Å². The van der Waals surface area contributed by atoms with Crippen molar-refractivity contribution >= 4 is 5.69 Å². The van der Waals surface area contributed by atoms with Gasteiger partial charge in [-0.25, -0.2) is 0 Å². The average molecular weight is 147 g/mol. The van der Waals surface area contributed by atoms with E-state index in [-0.39, 0.29) is 0 Å². The van der Waals surface area contributed by atoms with E-state index in [4.69, 9.17) is 0 Å². The van der Waals surface area contributed by atoms with E-state index < -0.39 is 0 Å². The van der Waals surface area contributed by atoms with E-state index in [2.05, 4.69) is 41.0 Å². The Kier molecular flexibility index (Phi) is 1.78. The van der Waals surface area contributed by atoms with Crippen LogP contribution in [-0.2, 0) is 0 Å². The van der Waals surface area contributed by atoms with E-state index in [1.165, 1.54) is 5.69 Å². The van der Waals surface area contributed by atoms with Crippen LogP contribution >= 0.6 is 0 Å². The van der Waals surface area contributed by atoms with Crippen LogP contribution in [0.4, 0.5) is 5.69 Å². The topological polar surface area (TPSA) is 15.3 Å². The lowest BCUT2D eigenvalue weighted by Crippen LogP contribution is -2.18. The van der Waals surface area contributed by atoms with Crippen molar-refractivity contribution in [2.75, 3.05) is 18.1 Å². The van der Waals surface area contributed by atoms with Gasteiger partial charge in [-0.15, -0.1) is 0 Å². The summed E-state index contributed by atoms with van der Waals surface area (Å²) < 4.78 is 0. The molecule has 1 saturated heterocycles. The average Bonchev–Trinajstić information content (AvgIpc) is 2.58. The zero-order valence-electron chi connectivity index (χ0n) is 6.33. The third-order valence-electron chi connectivity index (χ3n) is 1.83. The fourth-order valence-electron chi connectivity index (χ4n) is 1.24. The number of hydrogen-bond donors (Lipinski definition) is 1. The van der Waals surface area contributed by atoms with Gasteiger partial charge in [0.25, 0.3) is 0 Å². The van der Waals surface area contributed by atoms with Crippen LogP contribution in [-0.4, -0.2) is 13.2 Å². The number of hydrogen-bond acceptors (Lipinski definition) is 2. The van der Waals surface area contributed by atoms with Gasteiger partial charge in [0.1, 0.15) is 0 Å². The molecular weight excluding hydrogens is 136 g/mol. The Labute approximate surface area is 66.8 Å². The molecular formula is C9H11N2. The predicted octanol–water partition coefficient (Wildman–Crippen LogP) is 1.22. The summed E-state index contributed by atoms with van der Waals surface area (Å²) in [4.78, 5) is 2.21. The zero-order chi connectivity index (χ0) is 7.52. The number of para-hydroxylation sites is 1. The van der Waals surface area contributed by atoms with Crippen molar-refractivity contribution in [2.24, 2.45) is 0 Å². The smallest absolute Gasteiger partial charge is 0.0687 e. The summed E-state index contributed by atoms with van der Waals surface area (Å²) >= 11 is 0. The van der Waals surface area contributed by atoms with Crippen LogP contribution in [0.15, 0.2) is 30.3 Å². The van der Waals surface area contributed by atoms with Crippen molar-refractivity contribution in [1.29, 1.82) is 0 Å². The number of nitrogens with zero attached hydrogens (tertiary/aromatic N) is 1. The maximum Gasteiger partial charge on any atom is 0.0687 e. The molecule has 0 spiro atoms. The number of rotatable bonds is 1. The van der Waals surface area contributed by atoms with Gasteiger partial charge in [0.2, 0.25) is 0 Å². The second-order valence-corrected chi connectivity index (χ2v) is 2.60. The summed E-state index contributed by atoms with van der Waals surface area (Å²) in [6.07, 6.45) is 0. The largest absolute Gasteiger partial charge is 0.352 e. The summed E-state index contributed by atoms with van der Waals surface area (Å²) in [6.45, 7) is 4.08. The normalized spacial score (nSPS) is 17.3. The van der Waals surface area contributed by atoms with E-state index in [1.807, 2.05) is 6.07 Å². The molecule has 2 rings (SSSR count). The molecule has 0 aromatic heterocycles. The lowest BCUT2D eigenvalue weighted by Gasteiger charge is -2.15. The number of anilines is 1. The summed E-state index contributed by atoms with van der Waals surface area (Å²) in [5.74, 6) is 0. The van der Waals surface area contributed by atoms with Crippen molar-refractivity contribution in [2.45, 2.75) is 0 Å². The molecule has 1 N–H and O–H groups in total. The molecule has 57 valence electrons. The Morgan fingerprint density at radius 3 is 2.64 bits per heavy atom. The van der Waals surface area contributed by atoms with Crippen LogP contribution in [0.3, 0.4) is 0 Å². The lowest BCUT2D eigenvalue weighted by molar-refractivity contribution is 0.855. The van der Waals surface area contributed by atoms with Crippen LogP contribution in [0.1, 0.15) is 0 Å². The van der Waals surface area contributed by atoms with Crippen LogP contribution in [0, 0.1) is 6.54 Å². The molecule has 1 aliphatic heterocycles. The molecule has 0 atom stereocenters. The van der Waals surface area contributed by atoms with Crippen molar-refractivity contribution in [1.82, 2.24) is 5.32 Å². The van der Waals surface area contributed by atoms with Crippen molar-refractivity contribution < 1.29 is 0 Å². The monoisotopic (exact) mass is 147 g/mol. The highest BCUT2D eigenvalue weighted by Crippen LogP contribution is 2.15. The molecule has 0 amide bonds. The van der Waals surface area contributed by atoms with Gasteiger partial charge in [-0.3, -0.25) is 5.32 Å². The van der Waals surface area contributed by atoms with Crippen LogP contribution in [0.25, 0.3) is 0 Å². The van der Waals surface area contributed by atoms with Crippen LogP contribution in [0.5, 0.6) is 0 Å². The van der Waals surface area contributed by atoms with Crippen molar-refractivity contribution in [3.8, 4) is 0 Å². The molecule has 2 heteroatoms. The molecule has 0 unspecified atom stereocenters. The summed E-state index contributed by atoms with van der Waals surface area (Å²) in [5.41, 5.74) is 1.26. The Balaban J connectivity index is 2.16. The fraction of sp³-hybridized carbons (Fsp3) is 0.222. The number of benzene rings is 1. The second kappa shape index (κ2) is 2.93. The molecule has 1 aliphatic rings. The molecule has 1 aromatic carbocycles. The first-order valence-electron chi connectivity index (χ1n) is 3.82. The first-order valence-corrected chi connectivity index (χ1v) is 3.82. The highest BCUT2D eigenvalue weighted by molar-refractivity contribution is 5.48. The van der Waals surface area contributed by atoms with Crippen molar-refractivity contribution in [3.05, 3.63) is 36.9 Å². The summed E-state index contributed by atoms with van der Waals surface area (Å²) in [7, 11) is 0. The number of nitrogens with one attached hydrogen (secondary N) is 1. The van der Waals surface area contributed by atoms with Gasteiger partial charge in [0.05, 0.1) is 13.2 Å². The van der Waals surface area contributed by atoms with Gasteiger partial charge in [-0.05, 0) is 12.1 Å². The minimum atomic E-state index is 0.935. The fourth-order valence-corrected chi connectivity index (χ4v) is 1.24. The van der Waals surface area contributed by atoms with Crippen molar-refractivity contribution in [3.63, 3.8) is 0 Å². The zero-order valence-corrected chi connectivity index (χ0v) is 6.33. The van der Waals surface area contributed by atoms with E-state index in [0.29, 0.717) is 0 Å². The second-order valence-electron chi connectivity index (χ2n) is 2.60. The third kappa shape index (κ3) is 1.35. The van der Waals surface area contributed by atoms with Crippen LogP contribution in [0.2, 0.25) is 0 Å². The summed E-state index contributed by atoms with van der Waals surface area (Å²) in [5, 5.41) is 3.24. The Bertz CT molecular complexity index is 214. The minimum absolute atomic E-state index is 0.935. The highest BCUT2D eigenvalue weighted by atomic mass is 15.3. The minimum Gasteiger partial charge on any atom is -0.352 e. The molecule has 1 fully saturated rings. The summed E-state index contributed by atoms with van der Waals surface area (Å²) in [6, 6.07) is 10.4. The lowest BCUT2D eigenvalue weighted by atomic mass is 10.3. The Morgan fingerprint density at radius 1 is 1.18 bits per heavy atom.